The third kappa shape index (κ3) is 3.81. The summed E-state index contributed by atoms with van der Waals surface area (Å²) in [7, 11) is 1.48. The van der Waals surface area contributed by atoms with E-state index in [9.17, 15) is 4.39 Å². The fraction of sp³-hybridized carbons (Fsp3) is 0.538. The quantitative estimate of drug-likeness (QED) is 0.850. The molecule has 0 saturated heterocycles. The van der Waals surface area contributed by atoms with E-state index in [0.717, 1.165) is 6.54 Å². The zero-order chi connectivity index (χ0) is 12.2. The Hall–Kier alpha value is -1.09. The maximum absolute atomic E-state index is 13.7. The van der Waals surface area contributed by atoms with Crippen LogP contribution in [0, 0.1) is 11.2 Å². The highest BCUT2D eigenvalue weighted by Crippen LogP contribution is 2.20. The van der Waals surface area contributed by atoms with Crippen molar-refractivity contribution < 1.29 is 9.13 Å². The van der Waals surface area contributed by atoms with Gasteiger partial charge in [0.15, 0.2) is 11.6 Å². The highest BCUT2D eigenvalue weighted by atomic mass is 19.1. The molecule has 0 bridgehead atoms. The summed E-state index contributed by atoms with van der Waals surface area (Å²) in [6, 6.07) is 5.20. The second-order valence-corrected chi connectivity index (χ2v) is 5.10. The van der Waals surface area contributed by atoms with Crippen LogP contribution < -0.4 is 10.1 Å². The van der Waals surface area contributed by atoms with Crippen LogP contribution in [0.5, 0.6) is 5.75 Å². The van der Waals surface area contributed by atoms with Crippen molar-refractivity contribution in [2.24, 2.45) is 5.41 Å². The number of ether oxygens (including phenoxy) is 1. The van der Waals surface area contributed by atoms with Crippen LogP contribution in [0.15, 0.2) is 18.2 Å². The summed E-state index contributed by atoms with van der Waals surface area (Å²) in [5.74, 6) is 0.0291. The van der Waals surface area contributed by atoms with Gasteiger partial charge in [-0.3, -0.25) is 0 Å². The van der Waals surface area contributed by atoms with Gasteiger partial charge in [0.05, 0.1) is 7.11 Å². The van der Waals surface area contributed by atoms with Crippen molar-refractivity contribution in [3.63, 3.8) is 0 Å². The molecule has 1 aromatic carbocycles. The highest BCUT2D eigenvalue weighted by molar-refractivity contribution is 5.30. The van der Waals surface area contributed by atoms with E-state index in [0.29, 0.717) is 17.9 Å². The van der Waals surface area contributed by atoms with Crippen LogP contribution in [0.2, 0.25) is 0 Å². The Balaban J connectivity index is 2.61. The molecule has 0 aliphatic rings. The smallest absolute Gasteiger partial charge is 0.169 e. The molecule has 0 spiro atoms. The summed E-state index contributed by atoms with van der Waals surface area (Å²) in [6.45, 7) is 7.80. The molecule has 1 aromatic rings. The van der Waals surface area contributed by atoms with E-state index >= 15 is 0 Å². The van der Waals surface area contributed by atoms with Crippen molar-refractivity contribution in [1.29, 1.82) is 0 Å². The lowest BCUT2D eigenvalue weighted by atomic mass is 9.97. The molecule has 0 aromatic heterocycles. The lowest BCUT2D eigenvalue weighted by Gasteiger charge is -2.19. The van der Waals surface area contributed by atoms with Gasteiger partial charge in [0.25, 0.3) is 0 Å². The normalized spacial score (nSPS) is 11.6. The van der Waals surface area contributed by atoms with E-state index in [2.05, 4.69) is 26.1 Å². The molecule has 0 heterocycles. The molecular formula is C13H20FNO. The number of hydrogen-bond acceptors (Lipinski definition) is 2. The van der Waals surface area contributed by atoms with Crippen LogP contribution >= 0.6 is 0 Å². The Bertz CT molecular complexity index is 344. The summed E-state index contributed by atoms with van der Waals surface area (Å²) < 4.78 is 18.7. The van der Waals surface area contributed by atoms with Crippen LogP contribution in [-0.4, -0.2) is 13.7 Å². The SMILES string of the molecule is COc1cccc(CNCC(C)(C)C)c1F. The Morgan fingerprint density at radius 2 is 2.00 bits per heavy atom. The average molecular weight is 225 g/mol. The Morgan fingerprint density at radius 3 is 2.56 bits per heavy atom. The molecule has 0 aliphatic carbocycles. The van der Waals surface area contributed by atoms with E-state index in [1.54, 1.807) is 18.2 Å². The summed E-state index contributed by atoms with van der Waals surface area (Å²) in [6.07, 6.45) is 0. The van der Waals surface area contributed by atoms with Gasteiger partial charge in [-0.1, -0.05) is 32.9 Å². The van der Waals surface area contributed by atoms with Crippen molar-refractivity contribution >= 4 is 0 Å². The molecule has 0 amide bonds. The van der Waals surface area contributed by atoms with Crippen LogP contribution in [0.3, 0.4) is 0 Å². The molecule has 0 radical (unpaired) electrons. The first-order valence-corrected chi connectivity index (χ1v) is 5.46. The zero-order valence-corrected chi connectivity index (χ0v) is 10.4. The third-order valence-electron chi connectivity index (χ3n) is 2.23. The van der Waals surface area contributed by atoms with E-state index in [1.165, 1.54) is 7.11 Å². The molecule has 2 nitrogen and oxygen atoms in total. The van der Waals surface area contributed by atoms with Gasteiger partial charge in [-0.15, -0.1) is 0 Å². The summed E-state index contributed by atoms with van der Waals surface area (Å²) in [4.78, 5) is 0. The van der Waals surface area contributed by atoms with Gasteiger partial charge >= 0.3 is 0 Å². The molecule has 16 heavy (non-hydrogen) atoms. The lowest BCUT2D eigenvalue weighted by molar-refractivity contribution is 0.369. The van der Waals surface area contributed by atoms with Gasteiger partial charge in [0, 0.05) is 18.7 Å². The molecule has 0 unspecified atom stereocenters. The Morgan fingerprint density at radius 1 is 1.31 bits per heavy atom. The lowest BCUT2D eigenvalue weighted by Crippen LogP contribution is -2.26. The maximum Gasteiger partial charge on any atom is 0.169 e. The van der Waals surface area contributed by atoms with Crippen molar-refractivity contribution in [3.05, 3.63) is 29.6 Å². The van der Waals surface area contributed by atoms with Crippen LogP contribution in [0.25, 0.3) is 0 Å². The summed E-state index contributed by atoms with van der Waals surface area (Å²) in [5.41, 5.74) is 0.846. The molecule has 0 fully saturated rings. The minimum Gasteiger partial charge on any atom is -0.494 e. The van der Waals surface area contributed by atoms with Gasteiger partial charge < -0.3 is 10.1 Å². The number of rotatable bonds is 4. The number of methoxy groups -OCH3 is 1. The monoisotopic (exact) mass is 225 g/mol. The predicted molar refractivity (Wildman–Crippen MR) is 64.1 cm³/mol. The first-order chi connectivity index (χ1) is 7.44. The molecule has 1 rings (SSSR count). The highest BCUT2D eigenvalue weighted by Gasteiger charge is 2.11. The van der Waals surface area contributed by atoms with E-state index < -0.39 is 0 Å². The average Bonchev–Trinajstić information content (AvgIpc) is 2.19. The fourth-order valence-electron chi connectivity index (χ4n) is 1.42. The topological polar surface area (TPSA) is 21.3 Å². The van der Waals surface area contributed by atoms with Gasteiger partial charge in [-0.25, -0.2) is 4.39 Å². The first kappa shape index (κ1) is 13.0. The van der Waals surface area contributed by atoms with Crippen molar-refractivity contribution in [2.75, 3.05) is 13.7 Å². The number of benzene rings is 1. The van der Waals surface area contributed by atoms with E-state index in [4.69, 9.17) is 4.74 Å². The minimum atomic E-state index is -0.272. The van der Waals surface area contributed by atoms with E-state index in [-0.39, 0.29) is 11.2 Å². The summed E-state index contributed by atoms with van der Waals surface area (Å²) in [5, 5.41) is 3.24. The predicted octanol–water partition coefficient (Wildman–Crippen LogP) is 2.97. The van der Waals surface area contributed by atoms with Crippen molar-refractivity contribution in [2.45, 2.75) is 27.3 Å². The van der Waals surface area contributed by atoms with Gasteiger partial charge in [0.2, 0.25) is 0 Å². The van der Waals surface area contributed by atoms with Gasteiger partial charge in [-0.2, -0.15) is 0 Å². The van der Waals surface area contributed by atoms with E-state index in [1.807, 2.05) is 0 Å². The Kier molecular flexibility index (Phi) is 4.30. The molecule has 3 heteroatoms. The minimum absolute atomic E-state index is 0.204. The van der Waals surface area contributed by atoms with Crippen LogP contribution in [0.1, 0.15) is 26.3 Å². The summed E-state index contributed by atoms with van der Waals surface area (Å²) >= 11 is 0. The molecule has 0 saturated carbocycles. The van der Waals surface area contributed by atoms with Crippen LogP contribution in [0.4, 0.5) is 4.39 Å². The second-order valence-electron chi connectivity index (χ2n) is 5.10. The van der Waals surface area contributed by atoms with Gasteiger partial charge in [0.1, 0.15) is 0 Å². The largest absolute Gasteiger partial charge is 0.494 e. The third-order valence-corrected chi connectivity index (χ3v) is 2.23. The maximum atomic E-state index is 13.7. The molecule has 90 valence electrons. The Labute approximate surface area is 96.8 Å². The molecule has 1 N–H and O–H groups in total. The zero-order valence-electron chi connectivity index (χ0n) is 10.4. The standard InChI is InChI=1S/C13H20FNO/c1-13(2,3)9-15-8-10-6-5-7-11(16-4)12(10)14/h5-7,15H,8-9H2,1-4H3. The second kappa shape index (κ2) is 5.30. The van der Waals surface area contributed by atoms with Gasteiger partial charge in [-0.05, 0) is 11.5 Å². The number of nitrogens with one attached hydrogen (secondary N) is 1. The number of halogens is 1. The van der Waals surface area contributed by atoms with Crippen LogP contribution in [-0.2, 0) is 6.54 Å². The fourth-order valence-corrected chi connectivity index (χ4v) is 1.42. The molecule has 0 atom stereocenters. The van der Waals surface area contributed by atoms with Crippen molar-refractivity contribution in [3.8, 4) is 5.75 Å². The molecule has 0 aliphatic heterocycles. The first-order valence-electron chi connectivity index (χ1n) is 5.46. The van der Waals surface area contributed by atoms with Crippen molar-refractivity contribution in [1.82, 2.24) is 5.32 Å². The number of hydrogen-bond donors (Lipinski definition) is 1. The molecular weight excluding hydrogens is 205 g/mol.